The molecule has 3 N–H and O–H groups in total. The average Bonchev–Trinajstić information content (AvgIpc) is 2.54. The molecule has 5 nitrogen and oxygen atoms in total. The smallest absolute Gasteiger partial charge is 0.320 e. The Morgan fingerprint density at radius 3 is 2.62 bits per heavy atom. The van der Waals surface area contributed by atoms with Gasteiger partial charge < -0.3 is 20.3 Å². The van der Waals surface area contributed by atoms with Crippen molar-refractivity contribution >= 4 is 33.5 Å². The maximum atomic E-state index is 10.9. The van der Waals surface area contributed by atoms with Crippen LogP contribution < -0.4 is 15.2 Å². The number of carboxylic acids is 1. The van der Waals surface area contributed by atoms with E-state index in [1.165, 1.54) is 0 Å². The highest BCUT2D eigenvalue weighted by molar-refractivity contribution is 9.10. The molecule has 0 saturated carbocycles. The highest BCUT2D eigenvalue weighted by atomic mass is 79.9. The normalized spacial score (nSPS) is 11.8. The molecule has 128 valence electrons. The number of nitrogens with two attached hydrogens (primary N) is 1. The van der Waals surface area contributed by atoms with Crippen LogP contribution in [-0.2, 0) is 17.8 Å². The van der Waals surface area contributed by atoms with Gasteiger partial charge in [0, 0.05) is 10.0 Å². The molecular weight excluding hydrogens is 398 g/mol. The summed E-state index contributed by atoms with van der Waals surface area (Å²) in [4.78, 5) is 10.9. The van der Waals surface area contributed by atoms with Crippen molar-refractivity contribution in [1.82, 2.24) is 0 Å². The summed E-state index contributed by atoms with van der Waals surface area (Å²) in [6.07, 6.45) is 0.228. The lowest BCUT2D eigenvalue weighted by Gasteiger charge is -2.14. The van der Waals surface area contributed by atoms with Gasteiger partial charge in [-0.25, -0.2) is 0 Å². The van der Waals surface area contributed by atoms with E-state index in [9.17, 15) is 4.79 Å². The van der Waals surface area contributed by atoms with Gasteiger partial charge in [0.2, 0.25) is 0 Å². The zero-order valence-electron chi connectivity index (χ0n) is 13.0. The van der Waals surface area contributed by atoms with Crippen molar-refractivity contribution in [3.05, 3.63) is 57.0 Å². The first-order valence-electron chi connectivity index (χ1n) is 7.12. The van der Waals surface area contributed by atoms with Crippen LogP contribution in [0.25, 0.3) is 0 Å². The van der Waals surface area contributed by atoms with E-state index < -0.39 is 12.0 Å². The van der Waals surface area contributed by atoms with Crippen LogP contribution in [0.5, 0.6) is 11.5 Å². The molecule has 0 spiro atoms. The number of rotatable bonds is 7. The second kappa shape index (κ2) is 8.37. The molecule has 0 fully saturated rings. The van der Waals surface area contributed by atoms with Crippen LogP contribution in [0.4, 0.5) is 0 Å². The lowest BCUT2D eigenvalue weighted by atomic mass is 10.0. The van der Waals surface area contributed by atoms with Crippen molar-refractivity contribution in [2.75, 3.05) is 7.11 Å². The van der Waals surface area contributed by atoms with Crippen LogP contribution in [0.3, 0.4) is 0 Å². The molecular formula is C17H17BrClNO4. The SMILES string of the molecule is COc1ccc(CC(N)C(=O)O)cc1COc1ccc(Br)cc1Cl. The summed E-state index contributed by atoms with van der Waals surface area (Å²) < 4.78 is 11.9. The summed E-state index contributed by atoms with van der Waals surface area (Å²) in [5.74, 6) is 0.163. The van der Waals surface area contributed by atoms with E-state index in [4.69, 9.17) is 31.9 Å². The predicted octanol–water partition coefficient (Wildman–Crippen LogP) is 3.64. The Labute approximate surface area is 153 Å². The highest BCUT2D eigenvalue weighted by Crippen LogP contribution is 2.29. The van der Waals surface area contributed by atoms with Crippen LogP contribution >= 0.6 is 27.5 Å². The lowest BCUT2D eigenvalue weighted by Crippen LogP contribution is -2.32. The molecule has 0 aliphatic rings. The highest BCUT2D eigenvalue weighted by Gasteiger charge is 2.14. The number of carboxylic acid groups (broad SMARTS) is 1. The molecule has 1 atom stereocenters. The molecule has 0 radical (unpaired) electrons. The van der Waals surface area contributed by atoms with Crippen molar-refractivity contribution in [3.63, 3.8) is 0 Å². The molecule has 0 saturated heterocycles. The van der Waals surface area contributed by atoms with Gasteiger partial charge in [-0.05, 0) is 42.3 Å². The van der Waals surface area contributed by atoms with E-state index in [1.54, 1.807) is 31.4 Å². The number of ether oxygens (including phenoxy) is 2. The first-order chi connectivity index (χ1) is 11.4. The van der Waals surface area contributed by atoms with E-state index in [1.807, 2.05) is 12.1 Å². The second-order valence-corrected chi connectivity index (χ2v) is 6.48. The molecule has 2 aromatic carbocycles. The van der Waals surface area contributed by atoms with Crippen molar-refractivity contribution in [3.8, 4) is 11.5 Å². The Bertz CT molecular complexity index is 739. The molecule has 0 amide bonds. The maximum absolute atomic E-state index is 10.9. The molecule has 1 unspecified atom stereocenters. The Morgan fingerprint density at radius 1 is 1.29 bits per heavy atom. The first kappa shape index (κ1) is 18.6. The average molecular weight is 415 g/mol. The number of carbonyl (C=O) groups is 1. The Balaban J connectivity index is 2.16. The molecule has 0 bridgehead atoms. The summed E-state index contributed by atoms with van der Waals surface area (Å²) in [6, 6.07) is 9.78. The number of halogens is 2. The largest absolute Gasteiger partial charge is 0.496 e. The fourth-order valence-corrected chi connectivity index (χ4v) is 2.89. The molecule has 0 aliphatic heterocycles. The number of benzene rings is 2. The molecule has 7 heteroatoms. The van der Waals surface area contributed by atoms with Crippen molar-refractivity contribution in [2.45, 2.75) is 19.1 Å². The molecule has 0 aromatic heterocycles. The Kier molecular flexibility index (Phi) is 6.48. The van der Waals surface area contributed by atoms with E-state index >= 15 is 0 Å². The van der Waals surface area contributed by atoms with Gasteiger partial charge in [-0.3, -0.25) is 4.79 Å². The van der Waals surface area contributed by atoms with Crippen LogP contribution in [-0.4, -0.2) is 24.2 Å². The molecule has 2 rings (SSSR count). The van der Waals surface area contributed by atoms with Gasteiger partial charge in [-0.15, -0.1) is 0 Å². The Morgan fingerprint density at radius 2 is 2.00 bits per heavy atom. The predicted molar refractivity (Wildman–Crippen MR) is 95.8 cm³/mol. The third kappa shape index (κ3) is 4.87. The monoisotopic (exact) mass is 413 g/mol. The number of aliphatic carboxylic acids is 1. The van der Waals surface area contributed by atoms with Crippen molar-refractivity contribution in [1.29, 1.82) is 0 Å². The van der Waals surface area contributed by atoms with Gasteiger partial charge in [-0.2, -0.15) is 0 Å². The third-order valence-electron chi connectivity index (χ3n) is 3.39. The van der Waals surface area contributed by atoms with Gasteiger partial charge in [0.15, 0.2) is 0 Å². The molecule has 0 heterocycles. The van der Waals surface area contributed by atoms with Gasteiger partial charge in [0.1, 0.15) is 24.1 Å². The van der Waals surface area contributed by atoms with Crippen LogP contribution in [0.1, 0.15) is 11.1 Å². The van der Waals surface area contributed by atoms with Crippen molar-refractivity contribution in [2.24, 2.45) is 5.73 Å². The number of hydrogen-bond donors (Lipinski definition) is 2. The van der Waals surface area contributed by atoms with E-state index in [-0.39, 0.29) is 13.0 Å². The minimum absolute atomic E-state index is 0.228. The minimum Gasteiger partial charge on any atom is -0.496 e. The maximum Gasteiger partial charge on any atom is 0.320 e. The van der Waals surface area contributed by atoms with Gasteiger partial charge >= 0.3 is 5.97 Å². The minimum atomic E-state index is -1.04. The summed E-state index contributed by atoms with van der Waals surface area (Å²) in [5.41, 5.74) is 7.17. The van der Waals surface area contributed by atoms with E-state index in [0.717, 1.165) is 15.6 Å². The fourth-order valence-electron chi connectivity index (χ4n) is 2.16. The quantitative estimate of drug-likeness (QED) is 0.723. The molecule has 24 heavy (non-hydrogen) atoms. The van der Waals surface area contributed by atoms with Crippen LogP contribution in [0.15, 0.2) is 40.9 Å². The number of hydrogen-bond acceptors (Lipinski definition) is 4. The topological polar surface area (TPSA) is 81.8 Å². The Hall–Kier alpha value is -1.76. The van der Waals surface area contributed by atoms with Gasteiger partial charge in [0.05, 0.1) is 12.1 Å². The standard InChI is InChI=1S/C17H17BrClNO4/c1-23-15-4-2-10(7-14(20)17(21)22)6-11(15)9-24-16-5-3-12(18)8-13(16)19/h2-6,8,14H,7,9,20H2,1H3,(H,21,22). The van der Waals surface area contributed by atoms with Crippen molar-refractivity contribution < 1.29 is 19.4 Å². The lowest BCUT2D eigenvalue weighted by molar-refractivity contribution is -0.138. The fraction of sp³-hybridized carbons (Fsp3) is 0.235. The summed E-state index contributed by atoms with van der Waals surface area (Å²) >= 11 is 9.48. The molecule has 2 aromatic rings. The van der Waals surface area contributed by atoms with Gasteiger partial charge in [-0.1, -0.05) is 33.6 Å². The zero-order valence-corrected chi connectivity index (χ0v) is 15.3. The summed E-state index contributed by atoms with van der Waals surface area (Å²) in [7, 11) is 1.56. The van der Waals surface area contributed by atoms with Gasteiger partial charge in [0.25, 0.3) is 0 Å². The first-order valence-corrected chi connectivity index (χ1v) is 8.30. The van der Waals surface area contributed by atoms with E-state index in [0.29, 0.717) is 16.5 Å². The summed E-state index contributed by atoms with van der Waals surface area (Å²) in [6.45, 7) is 0.237. The molecule has 0 aliphatic carbocycles. The number of methoxy groups -OCH3 is 1. The van der Waals surface area contributed by atoms with Crippen LogP contribution in [0.2, 0.25) is 5.02 Å². The zero-order chi connectivity index (χ0) is 17.7. The van der Waals surface area contributed by atoms with E-state index in [2.05, 4.69) is 15.9 Å². The second-order valence-electron chi connectivity index (χ2n) is 5.16. The summed E-state index contributed by atoms with van der Waals surface area (Å²) in [5, 5.41) is 9.42. The third-order valence-corrected chi connectivity index (χ3v) is 4.18. The van der Waals surface area contributed by atoms with Crippen LogP contribution in [0, 0.1) is 0 Å².